The van der Waals surface area contributed by atoms with Gasteiger partial charge in [-0.1, -0.05) is 30.3 Å². The quantitative estimate of drug-likeness (QED) is 0.232. The molecule has 35 heavy (non-hydrogen) atoms. The maximum absolute atomic E-state index is 13.1. The maximum Gasteiger partial charge on any atom is 0.317 e. The first-order chi connectivity index (χ1) is 16.5. The molecular weight excluding hydrogens is 464 g/mol. The average Bonchev–Trinajstić information content (AvgIpc) is 2.74. The number of rotatable bonds is 14. The van der Waals surface area contributed by atoms with Gasteiger partial charge in [0.2, 0.25) is 0 Å². The molecule has 0 atom stereocenters. The SMILES string of the molecule is O=C(O)CN(CC(=O)O)Cc1cc(C(=O)c2ccccc2)cc(CN(CC(=O)O)CC(=O)O)c1O. The summed E-state index contributed by atoms with van der Waals surface area (Å²) in [6.07, 6.45) is 0. The Morgan fingerprint density at radius 1 is 0.600 bits per heavy atom. The highest BCUT2D eigenvalue weighted by molar-refractivity contribution is 6.09. The number of carbonyl (C=O) groups is 5. The third-order valence-electron chi connectivity index (χ3n) is 4.79. The van der Waals surface area contributed by atoms with Gasteiger partial charge in [0.25, 0.3) is 0 Å². The lowest BCUT2D eigenvalue weighted by atomic mass is 9.97. The predicted octanol–water partition coefficient (Wildman–Crippen LogP) is 0.566. The van der Waals surface area contributed by atoms with E-state index >= 15 is 0 Å². The Balaban J connectivity index is 2.55. The molecule has 0 fully saturated rings. The topological polar surface area (TPSA) is 193 Å². The van der Waals surface area contributed by atoms with E-state index in [1.54, 1.807) is 30.3 Å². The van der Waals surface area contributed by atoms with Gasteiger partial charge in [0, 0.05) is 35.3 Å². The van der Waals surface area contributed by atoms with Crippen molar-refractivity contribution in [2.45, 2.75) is 13.1 Å². The van der Waals surface area contributed by atoms with Crippen LogP contribution in [0.1, 0.15) is 27.0 Å². The molecule has 0 aliphatic rings. The molecule has 2 rings (SSSR count). The summed E-state index contributed by atoms with van der Waals surface area (Å²) in [6.45, 7) is -3.37. The van der Waals surface area contributed by atoms with Gasteiger partial charge >= 0.3 is 23.9 Å². The zero-order valence-electron chi connectivity index (χ0n) is 18.5. The van der Waals surface area contributed by atoms with Gasteiger partial charge in [-0.3, -0.25) is 33.8 Å². The molecule has 0 spiro atoms. The minimum Gasteiger partial charge on any atom is -0.507 e. The molecule has 2 aromatic carbocycles. The van der Waals surface area contributed by atoms with E-state index < -0.39 is 61.6 Å². The number of nitrogens with zero attached hydrogens (tertiary/aromatic N) is 2. The molecule has 2 aromatic rings. The van der Waals surface area contributed by atoms with Gasteiger partial charge in [0.05, 0.1) is 26.2 Å². The fraction of sp³-hybridized carbons (Fsp3) is 0.261. The molecule has 12 heteroatoms. The number of ketones is 1. The molecule has 0 aromatic heterocycles. The Morgan fingerprint density at radius 3 is 1.31 bits per heavy atom. The summed E-state index contributed by atoms with van der Waals surface area (Å²) >= 11 is 0. The number of hydrogen-bond acceptors (Lipinski definition) is 8. The summed E-state index contributed by atoms with van der Waals surface area (Å²) in [5.41, 5.74) is 0.413. The van der Waals surface area contributed by atoms with Crippen LogP contribution >= 0.6 is 0 Å². The van der Waals surface area contributed by atoms with Crippen molar-refractivity contribution in [1.29, 1.82) is 0 Å². The van der Waals surface area contributed by atoms with Gasteiger partial charge in [-0.2, -0.15) is 0 Å². The number of carbonyl (C=O) groups excluding carboxylic acids is 1. The Kier molecular flexibility index (Phi) is 9.44. The van der Waals surface area contributed by atoms with Crippen LogP contribution in [-0.2, 0) is 32.3 Å². The molecule has 0 amide bonds. The summed E-state index contributed by atoms with van der Waals surface area (Å²) in [7, 11) is 0. The summed E-state index contributed by atoms with van der Waals surface area (Å²) in [4.78, 5) is 59.8. The van der Waals surface area contributed by atoms with Gasteiger partial charge in [0.1, 0.15) is 5.75 Å². The fourth-order valence-corrected chi connectivity index (χ4v) is 3.47. The molecular formula is C23H24N2O10. The van der Waals surface area contributed by atoms with Gasteiger partial charge in [0.15, 0.2) is 5.78 Å². The fourth-order valence-electron chi connectivity index (χ4n) is 3.47. The number of benzene rings is 2. The van der Waals surface area contributed by atoms with E-state index in [0.29, 0.717) is 5.56 Å². The van der Waals surface area contributed by atoms with Crippen molar-refractivity contribution in [2.75, 3.05) is 26.2 Å². The highest BCUT2D eigenvalue weighted by Gasteiger charge is 2.22. The molecule has 0 unspecified atom stereocenters. The third-order valence-corrected chi connectivity index (χ3v) is 4.79. The first-order valence-corrected chi connectivity index (χ1v) is 10.2. The van der Waals surface area contributed by atoms with E-state index in [9.17, 15) is 29.1 Å². The monoisotopic (exact) mass is 488 g/mol. The molecule has 0 saturated heterocycles. The zero-order valence-corrected chi connectivity index (χ0v) is 18.5. The first kappa shape index (κ1) is 27.0. The van der Waals surface area contributed by atoms with Crippen molar-refractivity contribution in [3.05, 3.63) is 64.7 Å². The number of hydrogen-bond donors (Lipinski definition) is 5. The highest BCUT2D eigenvalue weighted by Crippen LogP contribution is 2.29. The molecule has 186 valence electrons. The Labute approximate surface area is 199 Å². The van der Waals surface area contributed by atoms with Crippen LogP contribution in [0.4, 0.5) is 0 Å². The van der Waals surface area contributed by atoms with Crippen LogP contribution in [0, 0.1) is 0 Å². The summed E-state index contributed by atoms with van der Waals surface area (Å²) in [5.74, 6) is -6.13. The Hall–Kier alpha value is -4.29. The lowest BCUT2D eigenvalue weighted by molar-refractivity contribution is -0.144. The van der Waals surface area contributed by atoms with Gasteiger partial charge < -0.3 is 25.5 Å². The molecule has 0 heterocycles. The Morgan fingerprint density at radius 2 is 0.971 bits per heavy atom. The summed E-state index contributed by atoms with van der Waals surface area (Å²) in [6, 6.07) is 10.7. The average molecular weight is 488 g/mol. The lowest BCUT2D eigenvalue weighted by Gasteiger charge is -2.23. The van der Waals surface area contributed by atoms with E-state index in [2.05, 4.69) is 0 Å². The van der Waals surface area contributed by atoms with Crippen molar-refractivity contribution in [3.8, 4) is 5.75 Å². The van der Waals surface area contributed by atoms with Crippen LogP contribution in [0.5, 0.6) is 5.75 Å². The number of carboxylic acids is 4. The summed E-state index contributed by atoms with van der Waals surface area (Å²) in [5, 5.41) is 47.3. The maximum atomic E-state index is 13.1. The molecule has 12 nitrogen and oxygen atoms in total. The molecule has 0 bridgehead atoms. The van der Waals surface area contributed by atoms with E-state index in [4.69, 9.17) is 20.4 Å². The third kappa shape index (κ3) is 8.53. The van der Waals surface area contributed by atoms with E-state index in [0.717, 1.165) is 9.80 Å². The predicted molar refractivity (Wildman–Crippen MR) is 119 cm³/mol. The van der Waals surface area contributed by atoms with Crippen LogP contribution in [0.3, 0.4) is 0 Å². The highest BCUT2D eigenvalue weighted by atomic mass is 16.4. The number of phenols is 1. The minimum atomic E-state index is -1.31. The molecule has 0 saturated carbocycles. The second kappa shape index (κ2) is 12.3. The molecule has 0 aliphatic heterocycles. The van der Waals surface area contributed by atoms with Crippen molar-refractivity contribution in [1.82, 2.24) is 9.80 Å². The molecule has 0 radical (unpaired) electrons. The van der Waals surface area contributed by atoms with Crippen LogP contribution in [-0.4, -0.2) is 91.2 Å². The van der Waals surface area contributed by atoms with Gasteiger partial charge in [-0.05, 0) is 12.1 Å². The van der Waals surface area contributed by atoms with Crippen molar-refractivity contribution in [3.63, 3.8) is 0 Å². The van der Waals surface area contributed by atoms with Gasteiger partial charge in [-0.25, -0.2) is 0 Å². The van der Waals surface area contributed by atoms with Crippen molar-refractivity contribution < 1.29 is 49.5 Å². The van der Waals surface area contributed by atoms with Crippen LogP contribution < -0.4 is 0 Å². The normalized spacial score (nSPS) is 10.9. The molecule has 0 aliphatic carbocycles. The largest absolute Gasteiger partial charge is 0.507 e. The summed E-state index contributed by atoms with van der Waals surface area (Å²) < 4.78 is 0. The van der Waals surface area contributed by atoms with Crippen LogP contribution in [0.25, 0.3) is 0 Å². The number of aliphatic carboxylic acids is 4. The van der Waals surface area contributed by atoms with Crippen molar-refractivity contribution in [2.24, 2.45) is 0 Å². The number of aromatic hydroxyl groups is 1. The molecule has 5 N–H and O–H groups in total. The second-order valence-electron chi connectivity index (χ2n) is 7.70. The zero-order chi connectivity index (χ0) is 26.1. The van der Waals surface area contributed by atoms with E-state index in [1.807, 2.05) is 0 Å². The lowest BCUT2D eigenvalue weighted by Crippen LogP contribution is -2.35. The second-order valence-corrected chi connectivity index (χ2v) is 7.70. The number of phenolic OH excluding ortho intramolecular Hbond substituents is 1. The van der Waals surface area contributed by atoms with E-state index in [1.165, 1.54) is 12.1 Å². The first-order valence-electron chi connectivity index (χ1n) is 10.2. The minimum absolute atomic E-state index is 0.0230. The van der Waals surface area contributed by atoms with Crippen LogP contribution in [0.15, 0.2) is 42.5 Å². The number of carboxylic acid groups (broad SMARTS) is 4. The Bertz CT molecular complexity index is 1030. The van der Waals surface area contributed by atoms with Crippen LogP contribution in [0.2, 0.25) is 0 Å². The standard InChI is InChI=1S/C23H24N2O10/c26-18(27)10-24(11-19(28)29)8-16-6-15(22(34)14-4-2-1-3-5-14)7-17(23(16)35)9-25(12-20(30)31)13-21(32)33/h1-7,35H,8-13H2,(H,26,27)(H,28,29)(H,30,31)(H,32,33). The van der Waals surface area contributed by atoms with Gasteiger partial charge in [-0.15, -0.1) is 0 Å². The van der Waals surface area contributed by atoms with E-state index in [-0.39, 0.29) is 29.8 Å². The van der Waals surface area contributed by atoms with Crippen molar-refractivity contribution >= 4 is 29.7 Å². The smallest absolute Gasteiger partial charge is 0.317 e.